The van der Waals surface area contributed by atoms with Crippen LogP contribution in [0.15, 0.2) is 47.5 Å². The topological polar surface area (TPSA) is 67.9 Å². The highest BCUT2D eigenvalue weighted by molar-refractivity contribution is 6.08. The quantitative estimate of drug-likeness (QED) is 0.691. The highest BCUT2D eigenvalue weighted by atomic mass is 19.4. The van der Waals surface area contributed by atoms with Gasteiger partial charge in [-0.15, -0.1) is 13.2 Å². The fourth-order valence-electron chi connectivity index (χ4n) is 5.91. The maximum Gasteiger partial charge on any atom is 0.573 e. The molecular weight excluding hydrogens is 431 g/mol. The fraction of sp³-hybridized carbons (Fsp3) is 0.440. The zero-order chi connectivity index (χ0) is 23.6. The van der Waals surface area contributed by atoms with Crippen molar-refractivity contribution in [3.8, 4) is 16.9 Å². The van der Waals surface area contributed by atoms with Crippen LogP contribution in [0.2, 0.25) is 0 Å². The first kappa shape index (κ1) is 21.8. The van der Waals surface area contributed by atoms with E-state index in [0.29, 0.717) is 17.0 Å². The van der Waals surface area contributed by atoms with Crippen LogP contribution in [0.5, 0.6) is 5.75 Å². The summed E-state index contributed by atoms with van der Waals surface area (Å²) in [6.07, 6.45) is -0.230. The number of nitrogens with zero attached hydrogens (tertiary/aromatic N) is 2. The van der Waals surface area contributed by atoms with Crippen LogP contribution in [-0.2, 0) is 16.8 Å². The summed E-state index contributed by atoms with van der Waals surface area (Å²) in [6, 6.07) is 11.6. The lowest BCUT2D eigenvalue weighted by Gasteiger charge is -2.45. The third-order valence-electron chi connectivity index (χ3n) is 7.67. The lowest BCUT2D eigenvalue weighted by Crippen LogP contribution is -2.50. The van der Waals surface area contributed by atoms with Gasteiger partial charge in [-0.05, 0) is 65.6 Å². The van der Waals surface area contributed by atoms with Crippen LogP contribution in [-0.4, -0.2) is 30.2 Å². The number of alkyl halides is 3. The van der Waals surface area contributed by atoms with Crippen LogP contribution in [0.4, 0.5) is 13.2 Å². The van der Waals surface area contributed by atoms with Gasteiger partial charge in [0, 0.05) is 12.5 Å². The number of carbonyl (C=O) groups excluding carboxylic acids is 1. The standard InChI is InChI=1S/C25H26F3N3O2/c1-15-8-10-23(11-9-15)14-18-7-6-17(16-4-3-5-19(12-16)33-25(26,27)28)13-20(18)24(23)21(32)31(2)22(29)30-24/h3-7,12-13,15H,8-11,14H2,1-2H3,(H2,29,30). The van der Waals surface area contributed by atoms with Crippen molar-refractivity contribution < 1.29 is 22.7 Å². The van der Waals surface area contributed by atoms with Crippen molar-refractivity contribution in [3.05, 3.63) is 53.6 Å². The van der Waals surface area contributed by atoms with Crippen LogP contribution in [0.25, 0.3) is 11.1 Å². The molecular formula is C25H26F3N3O2. The molecule has 33 heavy (non-hydrogen) atoms. The highest BCUT2D eigenvalue weighted by Crippen LogP contribution is 2.62. The summed E-state index contributed by atoms with van der Waals surface area (Å²) >= 11 is 0. The van der Waals surface area contributed by atoms with Gasteiger partial charge in [-0.3, -0.25) is 9.69 Å². The molecule has 2 spiro atoms. The fourth-order valence-corrected chi connectivity index (χ4v) is 5.91. The van der Waals surface area contributed by atoms with Gasteiger partial charge in [-0.2, -0.15) is 0 Å². The molecule has 5 rings (SSSR count). The lowest BCUT2D eigenvalue weighted by molar-refractivity contribution is -0.274. The maximum atomic E-state index is 13.7. The van der Waals surface area contributed by atoms with Crippen molar-refractivity contribution in [1.82, 2.24) is 4.90 Å². The average Bonchev–Trinajstić information content (AvgIpc) is 3.16. The largest absolute Gasteiger partial charge is 0.573 e. The summed E-state index contributed by atoms with van der Waals surface area (Å²) in [5, 5.41) is 0. The summed E-state index contributed by atoms with van der Waals surface area (Å²) < 4.78 is 42.2. The molecule has 0 aromatic heterocycles. The Bertz CT molecular complexity index is 1150. The van der Waals surface area contributed by atoms with Gasteiger partial charge >= 0.3 is 6.36 Å². The van der Waals surface area contributed by atoms with Gasteiger partial charge in [0.05, 0.1) is 0 Å². The molecule has 1 amide bonds. The van der Waals surface area contributed by atoms with E-state index in [1.165, 1.54) is 23.1 Å². The van der Waals surface area contributed by atoms with Crippen molar-refractivity contribution in [3.63, 3.8) is 0 Å². The molecule has 0 bridgehead atoms. The minimum atomic E-state index is -4.77. The number of nitrogens with two attached hydrogens (primary N) is 1. The number of ether oxygens (including phenoxy) is 1. The highest BCUT2D eigenvalue weighted by Gasteiger charge is 2.66. The first-order valence-electron chi connectivity index (χ1n) is 11.2. The van der Waals surface area contributed by atoms with Crippen molar-refractivity contribution in [1.29, 1.82) is 0 Å². The number of aliphatic imine (C=N–C) groups is 1. The van der Waals surface area contributed by atoms with Crippen LogP contribution in [0.1, 0.15) is 43.7 Å². The number of benzene rings is 2. The van der Waals surface area contributed by atoms with E-state index >= 15 is 0 Å². The second-order valence-electron chi connectivity index (χ2n) is 9.63. The van der Waals surface area contributed by atoms with Gasteiger partial charge in [0.15, 0.2) is 11.5 Å². The minimum absolute atomic E-state index is 0.125. The maximum absolute atomic E-state index is 13.7. The van der Waals surface area contributed by atoms with Crippen LogP contribution >= 0.6 is 0 Å². The van der Waals surface area contributed by atoms with Crippen LogP contribution in [0.3, 0.4) is 0 Å². The minimum Gasteiger partial charge on any atom is -0.406 e. The Morgan fingerprint density at radius 2 is 1.82 bits per heavy atom. The molecule has 8 heteroatoms. The van der Waals surface area contributed by atoms with Crippen molar-refractivity contribution in [2.45, 2.75) is 50.9 Å². The average molecular weight is 457 g/mol. The second kappa shape index (κ2) is 7.23. The molecule has 2 aliphatic carbocycles. The summed E-state index contributed by atoms with van der Waals surface area (Å²) in [5.41, 5.74) is 7.88. The Labute approximate surface area is 190 Å². The molecule has 2 N–H and O–H groups in total. The van der Waals surface area contributed by atoms with E-state index < -0.39 is 11.9 Å². The van der Waals surface area contributed by atoms with Gasteiger partial charge in [0.25, 0.3) is 5.91 Å². The molecule has 1 fully saturated rings. The Morgan fingerprint density at radius 1 is 1.12 bits per heavy atom. The number of amides is 1. The van der Waals surface area contributed by atoms with Crippen LogP contribution < -0.4 is 10.5 Å². The Hall–Kier alpha value is -3.03. The van der Waals surface area contributed by atoms with E-state index in [2.05, 4.69) is 11.7 Å². The van der Waals surface area contributed by atoms with Gasteiger partial charge in [0.1, 0.15) is 5.75 Å². The number of halogens is 3. The summed E-state index contributed by atoms with van der Waals surface area (Å²) in [6.45, 7) is 2.23. The SMILES string of the molecule is CC1CCC2(CC1)Cc1ccc(-c3cccc(OC(F)(F)F)c3)cc1C21N=C(N)N(C)C1=O. The third kappa shape index (κ3) is 3.30. The Kier molecular flexibility index (Phi) is 4.78. The Morgan fingerprint density at radius 3 is 2.45 bits per heavy atom. The molecule has 1 aliphatic heterocycles. The zero-order valence-corrected chi connectivity index (χ0v) is 18.6. The molecule has 174 valence electrons. The molecule has 2 aromatic carbocycles. The zero-order valence-electron chi connectivity index (χ0n) is 18.6. The van der Waals surface area contributed by atoms with E-state index in [9.17, 15) is 18.0 Å². The summed E-state index contributed by atoms with van der Waals surface area (Å²) in [7, 11) is 1.65. The van der Waals surface area contributed by atoms with Gasteiger partial charge < -0.3 is 10.5 Å². The van der Waals surface area contributed by atoms with Gasteiger partial charge in [-0.25, -0.2) is 4.99 Å². The third-order valence-corrected chi connectivity index (χ3v) is 7.67. The molecule has 5 nitrogen and oxygen atoms in total. The molecule has 0 radical (unpaired) electrons. The predicted molar refractivity (Wildman–Crippen MR) is 118 cm³/mol. The summed E-state index contributed by atoms with van der Waals surface area (Å²) in [5.74, 6) is 0.391. The summed E-state index contributed by atoms with van der Waals surface area (Å²) in [4.78, 5) is 20.0. The normalized spacial score (nSPS) is 29.0. The predicted octanol–water partition coefficient (Wildman–Crippen LogP) is 4.99. The lowest BCUT2D eigenvalue weighted by atomic mass is 9.60. The van der Waals surface area contributed by atoms with Crippen molar-refractivity contribution in [2.75, 3.05) is 7.05 Å². The first-order valence-corrected chi connectivity index (χ1v) is 11.2. The van der Waals surface area contributed by atoms with Crippen molar-refractivity contribution >= 4 is 11.9 Å². The van der Waals surface area contributed by atoms with E-state index in [0.717, 1.165) is 43.2 Å². The van der Waals surface area contributed by atoms with E-state index in [4.69, 9.17) is 10.7 Å². The smallest absolute Gasteiger partial charge is 0.406 e. The molecule has 2 aromatic rings. The van der Waals surface area contributed by atoms with E-state index in [1.54, 1.807) is 13.1 Å². The number of hydrogen-bond donors (Lipinski definition) is 1. The molecule has 1 heterocycles. The van der Waals surface area contributed by atoms with E-state index in [-0.39, 0.29) is 23.0 Å². The number of rotatable bonds is 2. The van der Waals surface area contributed by atoms with Gasteiger partial charge in [-0.1, -0.05) is 44.0 Å². The van der Waals surface area contributed by atoms with Crippen molar-refractivity contribution in [2.24, 2.45) is 22.1 Å². The molecule has 1 unspecified atom stereocenters. The number of guanidine groups is 1. The molecule has 0 saturated heterocycles. The molecule has 1 atom stereocenters. The molecule has 3 aliphatic rings. The van der Waals surface area contributed by atoms with Crippen LogP contribution in [0, 0.1) is 11.3 Å². The second-order valence-corrected chi connectivity index (χ2v) is 9.63. The van der Waals surface area contributed by atoms with Gasteiger partial charge in [0.2, 0.25) is 0 Å². The Balaban J connectivity index is 1.62. The number of carbonyl (C=O) groups is 1. The molecule has 1 saturated carbocycles. The monoisotopic (exact) mass is 457 g/mol. The number of likely N-dealkylation sites (N-methyl/N-ethyl adjacent to an activating group) is 1. The number of hydrogen-bond acceptors (Lipinski definition) is 4. The van der Waals surface area contributed by atoms with E-state index in [1.807, 2.05) is 18.2 Å². The number of fused-ring (bicyclic) bond motifs is 3. The first-order chi connectivity index (χ1) is 15.5.